The maximum Gasteiger partial charge on any atom is 0.239 e. The van der Waals surface area contributed by atoms with Crippen LogP contribution in [0.4, 0.5) is 4.39 Å². The van der Waals surface area contributed by atoms with E-state index in [0.29, 0.717) is 25.9 Å². The Kier molecular flexibility index (Phi) is 3.57. The quantitative estimate of drug-likeness (QED) is 0.708. The number of hydrogen-bond donors (Lipinski definition) is 1. The third-order valence-electron chi connectivity index (χ3n) is 3.34. The van der Waals surface area contributed by atoms with Gasteiger partial charge in [0.1, 0.15) is 6.17 Å². The number of carbonyl (C=O) groups excluding carboxylic acids is 1. The van der Waals surface area contributed by atoms with Crippen LogP contribution in [0.15, 0.2) is 0 Å². The van der Waals surface area contributed by atoms with Crippen LogP contribution in [-0.4, -0.2) is 42.7 Å². The van der Waals surface area contributed by atoms with E-state index in [2.05, 4.69) is 5.32 Å². The highest BCUT2D eigenvalue weighted by atomic mass is 19.1. The van der Waals surface area contributed by atoms with Gasteiger partial charge in [0, 0.05) is 13.1 Å². The molecule has 2 saturated heterocycles. The zero-order valence-electron chi connectivity index (χ0n) is 9.04. The number of nitrogens with zero attached hydrogens (tertiary/aromatic N) is 1. The van der Waals surface area contributed by atoms with E-state index in [4.69, 9.17) is 0 Å². The van der Waals surface area contributed by atoms with Crippen molar-refractivity contribution in [3.8, 4) is 0 Å². The van der Waals surface area contributed by atoms with Gasteiger partial charge in [-0.2, -0.15) is 0 Å². The lowest BCUT2D eigenvalue weighted by Gasteiger charge is -2.33. The summed E-state index contributed by atoms with van der Waals surface area (Å²) in [5.74, 6) is 0.182. The highest BCUT2D eigenvalue weighted by molar-refractivity contribution is 5.82. The molecule has 0 radical (unpaired) electrons. The van der Waals surface area contributed by atoms with Crippen LogP contribution in [0.5, 0.6) is 0 Å². The van der Waals surface area contributed by atoms with Crippen LogP contribution in [0.2, 0.25) is 0 Å². The lowest BCUT2D eigenvalue weighted by Crippen LogP contribution is -2.50. The summed E-state index contributed by atoms with van der Waals surface area (Å²) in [6.07, 6.45) is 3.55. The predicted molar refractivity (Wildman–Crippen MR) is 56.4 cm³/mol. The minimum Gasteiger partial charge on any atom is -0.341 e. The van der Waals surface area contributed by atoms with Crippen molar-refractivity contribution in [3.05, 3.63) is 0 Å². The van der Waals surface area contributed by atoms with Gasteiger partial charge in [0.2, 0.25) is 5.91 Å². The summed E-state index contributed by atoms with van der Waals surface area (Å²) in [6.45, 7) is 2.13. The van der Waals surface area contributed by atoms with E-state index in [9.17, 15) is 9.18 Å². The number of hydrogen-bond acceptors (Lipinski definition) is 2. The topological polar surface area (TPSA) is 32.3 Å². The van der Waals surface area contributed by atoms with Gasteiger partial charge >= 0.3 is 0 Å². The second kappa shape index (κ2) is 4.92. The Labute approximate surface area is 90.0 Å². The van der Waals surface area contributed by atoms with E-state index < -0.39 is 6.17 Å². The average molecular weight is 214 g/mol. The Balaban J connectivity index is 1.84. The van der Waals surface area contributed by atoms with Gasteiger partial charge in [0.15, 0.2) is 0 Å². The van der Waals surface area contributed by atoms with E-state index >= 15 is 0 Å². The van der Waals surface area contributed by atoms with E-state index in [0.717, 1.165) is 25.8 Å². The zero-order chi connectivity index (χ0) is 10.7. The van der Waals surface area contributed by atoms with E-state index in [-0.39, 0.29) is 11.9 Å². The normalized spacial score (nSPS) is 29.1. The number of piperidine rings is 2. The number of likely N-dealkylation sites (tertiary alicyclic amines) is 1. The van der Waals surface area contributed by atoms with Gasteiger partial charge in [-0.1, -0.05) is 6.42 Å². The van der Waals surface area contributed by atoms with Crippen LogP contribution < -0.4 is 5.32 Å². The summed E-state index contributed by atoms with van der Waals surface area (Å²) < 4.78 is 12.9. The molecule has 1 N–H and O–H groups in total. The predicted octanol–water partition coefficient (Wildman–Crippen LogP) is 1.09. The van der Waals surface area contributed by atoms with E-state index in [1.165, 1.54) is 0 Å². The Morgan fingerprint density at radius 2 is 1.93 bits per heavy atom. The SMILES string of the molecule is O=C(C1CCCCN1)N1CCC(F)CC1. The monoisotopic (exact) mass is 214 g/mol. The first-order valence-corrected chi connectivity index (χ1v) is 5.93. The summed E-state index contributed by atoms with van der Waals surface area (Å²) in [4.78, 5) is 13.8. The summed E-state index contributed by atoms with van der Waals surface area (Å²) in [5.41, 5.74) is 0. The Hall–Kier alpha value is -0.640. The first kappa shape index (κ1) is 10.9. The zero-order valence-corrected chi connectivity index (χ0v) is 9.04. The smallest absolute Gasteiger partial charge is 0.239 e. The molecule has 2 fully saturated rings. The molecule has 2 rings (SSSR count). The third-order valence-corrected chi connectivity index (χ3v) is 3.34. The lowest BCUT2D eigenvalue weighted by molar-refractivity contribution is -0.135. The second-order valence-electron chi connectivity index (χ2n) is 4.50. The van der Waals surface area contributed by atoms with Crippen molar-refractivity contribution in [1.29, 1.82) is 0 Å². The van der Waals surface area contributed by atoms with Crippen LogP contribution in [0.25, 0.3) is 0 Å². The molecule has 15 heavy (non-hydrogen) atoms. The maximum absolute atomic E-state index is 12.9. The van der Waals surface area contributed by atoms with Gasteiger partial charge in [-0.05, 0) is 32.2 Å². The van der Waals surface area contributed by atoms with Crippen molar-refractivity contribution < 1.29 is 9.18 Å². The molecular formula is C11H19FN2O. The third kappa shape index (κ3) is 2.68. The number of nitrogens with one attached hydrogen (secondary N) is 1. The fourth-order valence-corrected chi connectivity index (χ4v) is 2.35. The van der Waals surface area contributed by atoms with Crippen LogP contribution in [0, 0.1) is 0 Å². The Bertz CT molecular complexity index is 221. The average Bonchev–Trinajstić information content (AvgIpc) is 2.30. The molecule has 0 aliphatic carbocycles. The molecule has 4 heteroatoms. The molecule has 0 aromatic rings. The summed E-state index contributed by atoms with van der Waals surface area (Å²) in [6, 6.07) is -0.00471. The minimum absolute atomic E-state index is 0.00471. The Morgan fingerprint density at radius 1 is 1.20 bits per heavy atom. The highest BCUT2D eigenvalue weighted by Crippen LogP contribution is 2.16. The van der Waals surface area contributed by atoms with Crippen LogP contribution in [0.1, 0.15) is 32.1 Å². The first-order valence-electron chi connectivity index (χ1n) is 5.93. The van der Waals surface area contributed by atoms with Gasteiger partial charge in [0.05, 0.1) is 6.04 Å². The molecule has 0 spiro atoms. The molecule has 86 valence electrons. The minimum atomic E-state index is -0.701. The maximum atomic E-state index is 12.9. The van der Waals surface area contributed by atoms with Crippen molar-refractivity contribution in [3.63, 3.8) is 0 Å². The van der Waals surface area contributed by atoms with Crippen LogP contribution in [0.3, 0.4) is 0 Å². The van der Waals surface area contributed by atoms with Crippen molar-refractivity contribution >= 4 is 5.91 Å². The molecule has 1 amide bonds. The van der Waals surface area contributed by atoms with E-state index in [1.807, 2.05) is 4.90 Å². The van der Waals surface area contributed by atoms with Gasteiger partial charge < -0.3 is 10.2 Å². The van der Waals surface area contributed by atoms with Gasteiger partial charge in [-0.15, -0.1) is 0 Å². The van der Waals surface area contributed by atoms with Crippen LogP contribution >= 0.6 is 0 Å². The van der Waals surface area contributed by atoms with Gasteiger partial charge in [0.25, 0.3) is 0 Å². The number of halogens is 1. The lowest BCUT2D eigenvalue weighted by atomic mass is 10.0. The summed E-state index contributed by atoms with van der Waals surface area (Å²) in [5, 5.41) is 3.24. The summed E-state index contributed by atoms with van der Waals surface area (Å²) >= 11 is 0. The molecule has 2 heterocycles. The Morgan fingerprint density at radius 3 is 2.53 bits per heavy atom. The number of alkyl halides is 1. The molecule has 3 nitrogen and oxygen atoms in total. The van der Waals surface area contributed by atoms with E-state index in [1.54, 1.807) is 0 Å². The standard InChI is InChI=1S/C11H19FN2O/c12-9-4-7-14(8-5-9)11(15)10-3-1-2-6-13-10/h9-10,13H,1-8H2. The van der Waals surface area contributed by atoms with Crippen molar-refractivity contribution in [1.82, 2.24) is 10.2 Å². The van der Waals surface area contributed by atoms with Gasteiger partial charge in [-0.3, -0.25) is 4.79 Å². The highest BCUT2D eigenvalue weighted by Gasteiger charge is 2.28. The molecule has 2 aliphatic heterocycles. The fraction of sp³-hybridized carbons (Fsp3) is 0.909. The van der Waals surface area contributed by atoms with Crippen LogP contribution in [-0.2, 0) is 4.79 Å². The molecule has 0 saturated carbocycles. The molecule has 2 aliphatic rings. The molecule has 1 atom stereocenters. The molecule has 0 aromatic heterocycles. The van der Waals surface area contributed by atoms with Crippen molar-refractivity contribution in [2.24, 2.45) is 0 Å². The molecule has 0 bridgehead atoms. The molecular weight excluding hydrogens is 195 g/mol. The number of amides is 1. The number of rotatable bonds is 1. The second-order valence-corrected chi connectivity index (χ2v) is 4.50. The largest absolute Gasteiger partial charge is 0.341 e. The number of carbonyl (C=O) groups is 1. The fourth-order valence-electron chi connectivity index (χ4n) is 2.35. The summed E-state index contributed by atoms with van der Waals surface area (Å²) in [7, 11) is 0. The van der Waals surface area contributed by atoms with Crippen molar-refractivity contribution in [2.45, 2.75) is 44.3 Å². The molecule has 1 unspecified atom stereocenters. The molecule has 0 aromatic carbocycles. The van der Waals surface area contributed by atoms with Crippen molar-refractivity contribution in [2.75, 3.05) is 19.6 Å². The first-order chi connectivity index (χ1) is 7.27. The van der Waals surface area contributed by atoms with Gasteiger partial charge in [-0.25, -0.2) is 4.39 Å².